The third kappa shape index (κ3) is 2.56. The van der Waals surface area contributed by atoms with E-state index in [1.54, 1.807) is 6.07 Å². The number of halogens is 1. The molecule has 1 aromatic carbocycles. The molecule has 0 radical (unpaired) electrons. The molecule has 1 aliphatic heterocycles. The fourth-order valence-corrected chi connectivity index (χ4v) is 2.61. The summed E-state index contributed by atoms with van der Waals surface area (Å²) in [5.41, 5.74) is 4.20. The summed E-state index contributed by atoms with van der Waals surface area (Å²) in [6.45, 7) is 3.93. The van der Waals surface area contributed by atoms with Gasteiger partial charge in [-0.05, 0) is 18.6 Å². The molecule has 0 aliphatic carbocycles. The Morgan fingerprint density at radius 1 is 1.30 bits per heavy atom. The van der Waals surface area contributed by atoms with Crippen LogP contribution < -0.4 is 5.32 Å². The van der Waals surface area contributed by atoms with Gasteiger partial charge in [0.1, 0.15) is 5.82 Å². The fourth-order valence-electron chi connectivity index (χ4n) is 2.61. The van der Waals surface area contributed by atoms with Crippen LogP contribution in [0.15, 0.2) is 24.3 Å². The number of nitrogens with one attached hydrogen (secondary N) is 1. The van der Waals surface area contributed by atoms with E-state index in [1.165, 1.54) is 17.7 Å². The molecule has 0 spiro atoms. The third-order valence-corrected chi connectivity index (χ3v) is 3.59. The van der Waals surface area contributed by atoms with E-state index in [9.17, 15) is 4.39 Å². The van der Waals surface area contributed by atoms with E-state index in [2.05, 4.69) is 22.2 Å². The highest BCUT2D eigenvalue weighted by Gasteiger charge is 2.17. The van der Waals surface area contributed by atoms with Crippen LogP contribution in [0.3, 0.4) is 0 Å². The number of aryl methyl sites for hydroxylation is 1. The second-order valence-electron chi connectivity index (χ2n) is 5.11. The van der Waals surface area contributed by atoms with Crippen molar-refractivity contribution in [2.75, 3.05) is 6.54 Å². The van der Waals surface area contributed by atoms with Crippen molar-refractivity contribution >= 4 is 0 Å². The van der Waals surface area contributed by atoms with Gasteiger partial charge in [-0.25, -0.2) is 14.4 Å². The molecule has 0 atom stereocenters. The molecular formula is C16H18FN3. The van der Waals surface area contributed by atoms with Crippen molar-refractivity contribution < 1.29 is 4.39 Å². The maximum Gasteiger partial charge on any atom is 0.159 e. The molecule has 1 aromatic heterocycles. The number of hydrogen-bond acceptors (Lipinski definition) is 3. The van der Waals surface area contributed by atoms with Crippen LogP contribution in [0.2, 0.25) is 0 Å². The van der Waals surface area contributed by atoms with E-state index in [0.717, 1.165) is 49.3 Å². The average Bonchev–Trinajstić information content (AvgIpc) is 2.47. The Labute approximate surface area is 118 Å². The van der Waals surface area contributed by atoms with E-state index in [4.69, 9.17) is 0 Å². The molecule has 104 valence electrons. The van der Waals surface area contributed by atoms with Crippen molar-refractivity contribution in [3.8, 4) is 11.4 Å². The van der Waals surface area contributed by atoms with Crippen LogP contribution in [0, 0.1) is 5.82 Å². The summed E-state index contributed by atoms with van der Waals surface area (Å²) in [5, 5.41) is 3.37. The molecule has 0 amide bonds. The molecule has 0 unspecified atom stereocenters. The maximum absolute atomic E-state index is 13.4. The number of hydrogen-bond donors (Lipinski definition) is 1. The molecule has 3 rings (SSSR count). The number of nitrogens with zero attached hydrogens (tertiary/aromatic N) is 2. The molecule has 2 aromatic rings. The second-order valence-corrected chi connectivity index (χ2v) is 5.11. The first-order valence-corrected chi connectivity index (χ1v) is 7.13. The van der Waals surface area contributed by atoms with Crippen LogP contribution in [-0.2, 0) is 19.4 Å². The maximum atomic E-state index is 13.4. The van der Waals surface area contributed by atoms with Crippen molar-refractivity contribution in [3.05, 3.63) is 47.0 Å². The van der Waals surface area contributed by atoms with Crippen molar-refractivity contribution in [2.45, 2.75) is 32.7 Å². The first-order chi connectivity index (χ1) is 9.78. The summed E-state index contributed by atoms with van der Waals surface area (Å²) in [4.78, 5) is 9.32. The normalized spacial score (nSPS) is 14.1. The third-order valence-electron chi connectivity index (χ3n) is 3.59. The van der Waals surface area contributed by atoms with Crippen molar-refractivity contribution in [2.24, 2.45) is 0 Å². The van der Waals surface area contributed by atoms with Gasteiger partial charge in [-0.15, -0.1) is 0 Å². The lowest BCUT2D eigenvalue weighted by molar-refractivity contribution is 0.614. The van der Waals surface area contributed by atoms with Crippen LogP contribution in [0.1, 0.15) is 30.3 Å². The molecule has 0 bridgehead atoms. The minimum atomic E-state index is -0.248. The topological polar surface area (TPSA) is 37.8 Å². The van der Waals surface area contributed by atoms with Crippen LogP contribution in [0.4, 0.5) is 4.39 Å². The SMILES string of the molecule is CCCc1nc(-c2cccc(F)c2)nc2c1CNCC2. The number of fused-ring (bicyclic) bond motifs is 1. The Kier molecular flexibility index (Phi) is 3.74. The number of benzene rings is 1. The standard InChI is InChI=1S/C16H18FN3/c1-2-4-14-13-10-18-8-7-15(13)20-16(19-14)11-5-3-6-12(17)9-11/h3,5-6,9,18H,2,4,7-8,10H2,1H3. The second kappa shape index (κ2) is 5.67. The molecule has 0 fully saturated rings. The van der Waals surface area contributed by atoms with Gasteiger partial charge in [0, 0.05) is 36.3 Å². The van der Waals surface area contributed by atoms with Gasteiger partial charge in [-0.2, -0.15) is 0 Å². The molecule has 0 saturated heterocycles. The first-order valence-electron chi connectivity index (χ1n) is 7.13. The van der Waals surface area contributed by atoms with Gasteiger partial charge in [0.2, 0.25) is 0 Å². The molecular weight excluding hydrogens is 253 g/mol. The Morgan fingerprint density at radius 2 is 2.20 bits per heavy atom. The van der Waals surface area contributed by atoms with Gasteiger partial charge < -0.3 is 5.32 Å². The van der Waals surface area contributed by atoms with Gasteiger partial charge in [0.15, 0.2) is 5.82 Å². The Morgan fingerprint density at radius 3 is 3.00 bits per heavy atom. The lowest BCUT2D eigenvalue weighted by atomic mass is 10.0. The molecule has 0 saturated carbocycles. The smallest absolute Gasteiger partial charge is 0.159 e. The Balaban J connectivity index is 2.10. The molecule has 3 nitrogen and oxygen atoms in total. The Hall–Kier alpha value is -1.81. The number of rotatable bonds is 3. The predicted molar refractivity (Wildman–Crippen MR) is 76.8 cm³/mol. The Bertz CT molecular complexity index is 625. The van der Waals surface area contributed by atoms with Crippen molar-refractivity contribution in [3.63, 3.8) is 0 Å². The highest BCUT2D eigenvalue weighted by Crippen LogP contribution is 2.23. The zero-order chi connectivity index (χ0) is 13.9. The van der Waals surface area contributed by atoms with E-state index in [0.29, 0.717) is 5.82 Å². The molecule has 4 heteroatoms. The summed E-state index contributed by atoms with van der Waals surface area (Å²) in [6, 6.07) is 6.51. The van der Waals surface area contributed by atoms with Gasteiger partial charge in [0.25, 0.3) is 0 Å². The molecule has 1 aliphatic rings. The van der Waals surface area contributed by atoms with Gasteiger partial charge in [0.05, 0.1) is 5.69 Å². The van der Waals surface area contributed by atoms with Crippen molar-refractivity contribution in [1.29, 1.82) is 0 Å². The summed E-state index contributed by atoms with van der Waals surface area (Å²) in [7, 11) is 0. The minimum Gasteiger partial charge on any atom is -0.312 e. The zero-order valence-corrected chi connectivity index (χ0v) is 11.6. The van der Waals surface area contributed by atoms with Crippen LogP contribution >= 0.6 is 0 Å². The van der Waals surface area contributed by atoms with Gasteiger partial charge in [-0.3, -0.25) is 0 Å². The fraction of sp³-hybridized carbons (Fsp3) is 0.375. The first kappa shape index (κ1) is 13.2. The van der Waals surface area contributed by atoms with E-state index in [-0.39, 0.29) is 5.82 Å². The molecule has 20 heavy (non-hydrogen) atoms. The van der Waals surface area contributed by atoms with E-state index in [1.807, 2.05) is 6.07 Å². The summed E-state index contributed by atoms with van der Waals surface area (Å²) < 4.78 is 13.4. The van der Waals surface area contributed by atoms with Crippen LogP contribution in [0.5, 0.6) is 0 Å². The largest absolute Gasteiger partial charge is 0.312 e. The predicted octanol–water partition coefficient (Wildman–Crippen LogP) is 2.88. The van der Waals surface area contributed by atoms with Crippen molar-refractivity contribution in [1.82, 2.24) is 15.3 Å². The zero-order valence-electron chi connectivity index (χ0n) is 11.6. The van der Waals surface area contributed by atoms with E-state index < -0.39 is 0 Å². The summed E-state index contributed by atoms with van der Waals surface area (Å²) in [5.74, 6) is 0.399. The van der Waals surface area contributed by atoms with Crippen LogP contribution in [-0.4, -0.2) is 16.5 Å². The lowest BCUT2D eigenvalue weighted by Gasteiger charge is -2.20. The van der Waals surface area contributed by atoms with Gasteiger partial charge >= 0.3 is 0 Å². The quantitative estimate of drug-likeness (QED) is 0.932. The minimum absolute atomic E-state index is 0.248. The van der Waals surface area contributed by atoms with Gasteiger partial charge in [-0.1, -0.05) is 25.5 Å². The average molecular weight is 271 g/mol. The monoisotopic (exact) mass is 271 g/mol. The molecule has 2 heterocycles. The molecule has 1 N–H and O–H groups in total. The highest BCUT2D eigenvalue weighted by atomic mass is 19.1. The van der Waals surface area contributed by atoms with E-state index >= 15 is 0 Å². The summed E-state index contributed by atoms with van der Waals surface area (Å²) in [6.07, 6.45) is 2.90. The summed E-state index contributed by atoms with van der Waals surface area (Å²) >= 11 is 0. The lowest BCUT2D eigenvalue weighted by Crippen LogP contribution is -2.26. The van der Waals surface area contributed by atoms with Crippen LogP contribution in [0.25, 0.3) is 11.4 Å². The number of aromatic nitrogens is 2. The highest BCUT2D eigenvalue weighted by molar-refractivity contribution is 5.56.